The van der Waals surface area contributed by atoms with Crippen molar-refractivity contribution in [3.63, 3.8) is 0 Å². The van der Waals surface area contributed by atoms with Gasteiger partial charge in [0.25, 0.3) is 0 Å². The predicted molar refractivity (Wildman–Crippen MR) is 119 cm³/mol. The molecule has 2 aromatic carbocycles. The van der Waals surface area contributed by atoms with Crippen molar-refractivity contribution in [3.05, 3.63) is 71.8 Å². The highest BCUT2D eigenvalue weighted by Crippen LogP contribution is 2.13. The number of hydrogen-bond acceptors (Lipinski definition) is 4. The van der Waals surface area contributed by atoms with Gasteiger partial charge in [-0.15, -0.1) is 0 Å². The van der Waals surface area contributed by atoms with Crippen LogP contribution < -0.4 is 20.1 Å². The Kier molecular flexibility index (Phi) is 9.73. The Bertz CT molecular complexity index is 782. The summed E-state index contributed by atoms with van der Waals surface area (Å²) in [6.07, 6.45) is 8.09. The lowest BCUT2D eigenvalue weighted by Gasteiger charge is -2.04. The van der Waals surface area contributed by atoms with Crippen LogP contribution in [0.4, 0.5) is 0 Å². The summed E-state index contributed by atoms with van der Waals surface area (Å²) in [4.78, 5) is 23.7. The SMILES string of the molecule is COc1ccc(C=CC(=O)NCCCCNC(=O)/C=C/c2ccc(OC)cc2)cc1. The van der Waals surface area contributed by atoms with E-state index in [1.807, 2.05) is 48.5 Å². The van der Waals surface area contributed by atoms with E-state index in [9.17, 15) is 9.59 Å². The van der Waals surface area contributed by atoms with E-state index in [4.69, 9.17) is 9.47 Å². The van der Waals surface area contributed by atoms with Gasteiger partial charge in [-0.3, -0.25) is 9.59 Å². The topological polar surface area (TPSA) is 76.7 Å². The number of rotatable bonds is 11. The standard InChI is InChI=1S/C24H28N2O4/c1-29-21-11-5-19(6-12-21)9-15-23(27)25-17-3-4-18-26-24(28)16-10-20-7-13-22(30-2)14-8-20/h5-16H,3-4,17-18H2,1-2H3,(H,25,27)(H,26,28)/b15-9+,16-10?. The molecule has 0 atom stereocenters. The zero-order valence-electron chi connectivity index (χ0n) is 17.4. The van der Waals surface area contributed by atoms with Gasteiger partial charge < -0.3 is 20.1 Å². The van der Waals surface area contributed by atoms with Gasteiger partial charge in [0.05, 0.1) is 14.2 Å². The zero-order chi connectivity index (χ0) is 21.6. The van der Waals surface area contributed by atoms with Crippen LogP contribution in [0.1, 0.15) is 24.0 Å². The van der Waals surface area contributed by atoms with Crippen molar-refractivity contribution in [1.29, 1.82) is 0 Å². The summed E-state index contributed by atoms with van der Waals surface area (Å²) in [6, 6.07) is 14.9. The second kappa shape index (κ2) is 12.8. The van der Waals surface area contributed by atoms with Crippen LogP contribution in [0, 0.1) is 0 Å². The predicted octanol–water partition coefficient (Wildman–Crippen LogP) is 3.44. The normalized spacial score (nSPS) is 10.9. The highest BCUT2D eigenvalue weighted by Gasteiger charge is 1.98. The molecular weight excluding hydrogens is 380 g/mol. The summed E-state index contributed by atoms with van der Waals surface area (Å²) in [7, 11) is 3.23. The van der Waals surface area contributed by atoms with Crippen molar-refractivity contribution in [3.8, 4) is 11.5 Å². The summed E-state index contributed by atoms with van der Waals surface area (Å²) in [5.74, 6) is 1.27. The summed E-state index contributed by atoms with van der Waals surface area (Å²) in [5.41, 5.74) is 1.85. The first-order valence-electron chi connectivity index (χ1n) is 9.80. The molecule has 0 fully saturated rings. The molecule has 0 aliphatic heterocycles. The van der Waals surface area contributed by atoms with Gasteiger partial charge in [0.15, 0.2) is 0 Å². The number of ether oxygens (including phenoxy) is 2. The van der Waals surface area contributed by atoms with Gasteiger partial charge in [-0.1, -0.05) is 24.3 Å². The molecular formula is C24H28N2O4. The van der Waals surface area contributed by atoms with E-state index >= 15 is 0 Å². The number of amides is 2. The average molecular weight is 408 g/mol. The van der Waals surface area contributed by atoms with E-state index in [0.717, 1.165) is 35.5 Å². The number of carbonyl (C=O) groups is 2. The smallest absolute Gasteiger partial charge is 0.243 e. The minimum absolute atomic E-state index is 0.141. The largest absolute Gasteiger partial charge is 0.497 e. The molecule has 0 aromatic heterocycles. The number of carbonyl (C=O) groups excluding carboxylic acids is 2. The molecule has 2 rings (SSSR count). The summed E-state index contributed by atoms with van der Waals surface area (Å²) in [6.45, 7) is 1.12. The third-order valence-electron chi connectivity index (χ3n) is 4.29. The first-order valence-corrected chi connectivity index (χ1v) is 9.80. The van der Waals surface area contributed by atoms with E-state index < -0.39 is 0 Å². The van der Waals surface area contributed by atoms with E-state index in [1.165, 1.54) is 12.2 Å². The molecule has 2 aromatic rings. The Morgan fingerprint density at radius 3 is 1.40 bits per heavy atom. The lowest BCUT2D eigenvalue weighted by Crippen LogP contribution is -2.25. The Morgan fingerprint density at radius 2 is 1.07 bits per heavy atom. The third-order valence-corrected chi connectivity index (χ3v) is 4.29. The lowest BCUT2D eigenvalue weighted by molar-refractivity contribution is -0.117. The number of hydrogen-bond donors (Lipinski definition) is 2. The zero-order valence-corrected chi connectivity index (χ0v) is 17.4. The van der Waals surface area contributed by atoms with Crippen molar-refractivity contribution in [2.75, 3.05) is 27.3 Å². The van der Waals surface area contributed by atoms with Gasteiger partial charge in [-0.25, -0.2) is 0 Å². The molecule has 2 N–H and O–H groups in total. The molecule has 6 nitrogen and oxygen atoms in total. The van der Waals surface area contributed by atoms with Crippen LogP contribution in [0.3, 0.4) is 0 Å². The van der Waals surface area contributed by atoms with Crippen molar-refractivity contribution >= 4 is 24.0 Å². The molecule has 0 unspecified atom stereocenters. The second-order valence-electron chi connectivity index (χ2n) is 6.50. The van der Waals surface area contributed by atoms with Crippen LogP contribution in [0.25, 0.3) is 12.2 Å². The van der Waals surface area contributed by atoms with Crippen molar-refractivity contribution in [2.24, 2.45) is 0 Å². The first kappa shape index (κ1) is 22.7. The lowest BCUT2D eigenvalue weighted by atomic mass is 10.2. The Balaban J connectivity index is 1.57. The molecule has 30 heavy (non-hydrogen) atoms. The maximum Gasteiger partial charge on any atom is 0.243 e. The van der Waals surface area contributed by atoms with Crippen LogP contribution in [0.15, 0.2) is 60.7 Å². The molecule has 158 valence electrons. The highest BCUT2D eigenvalue weighted by molar-refractivity contribution is 5.92. The van der Waals surface area contributed by atoms with Gasteiger partial charge in [0.1, 0.15) is 11.5 Å². The quantitative estimate of drug-likeness (QED) is 0.441. The van der Waals surface area contributed by atoms with Gasteiger partial charge in [0.2, 0.25) is 11.8 Å². The van der Waals surface area contributed by atoms with Crippen LogP contribution >= 0.6 is 0 Å². The van der Waals surface area contributed by atoms with Crippen LogP contribution in [0.2, 0.25) is 0 Å². The van der Waals surface area contributed by atoms with Crippen LogP contribution in [0.5, 0.6) is 11.5 Å². The fourth-order valence-electron chi connectivity index (χ4n) is 2.56. The fraction of sp³-hybridized carbons (Fsp3) is 0.250. The summed E-state index contributed by atoms with van der Waals surface area (Å²) < 4.78 is 10.2. The molecule has 0 aliphatic carbocycles. The molecule has 6 heteroatoms. The van der Waals surface area contributed by atoms with Crippen molar-refractivity contribution < 1.29 is 19.1 Å². The molecule has 0 heterocycles. The Labute approximate surface area is 177 Å². The van der Waals surface area contributed by atoms with Crippen molar-refractivity contribution in [1.82, 2.24) is 10.6 Å². The molecule has 0 radical (unpaired) electrons. The second-order valence-corrected chi connectivity index (χ2v) is 6.50. The Hall–Kier alpha value is -3.54. The first-order chi connectivity index (χ1) is 14.6. The molecule has 2 amide bonds. The van der Waals surface area contributed by atoms with E-state index in [2.05, 4.69) is 10.6 Å². The van der Waals surface area contributed by atoms with Gasteiger partial charge in [-0.2, -0.15) is 0 Å². The monoisotopic (exact) mass is 408 g/mol. The fourth-order valence-corrected chi connectivity index (χ4v) is 2.56. The maximum absolute atomic E-state index is 11.8. The van der Waals surface area contributed by atoms with E-state index in [-0.39, 0.29) is 11.8 Å². The third kappa shape index (κ3) is 8.65. The highest BCUT2D eigenvalue weighted by atomic mass is 16.5. The number of unbranched alkanes of at least 4 members (excludes halogenated alkanes) is 1. The Morgan fingerprint density at radius 1 is 0.700 bits per heavy atom. The summed E-state index contributed by atoms with van der Waals surface area (Å²) in [5, 5.41) is 5.66. The van der Waals surface area contributed by atoms with Crippen molar-refractivity contribution in [2.45, 2.75) is 12.8 Å². The minimum Gasteiger partial charge on any atom is -0.497 e. The summed E-state index contributed by atoms with van der Waals surface area (Å²) >= 11 is 0. The number of methoxy groups -OCH3 is 2. The number of benzene rings is 2. The van der Waals surface area contributed by atoms with Crippen LogP contribution in [-0.2, 0) is 9.59 Å². The number of nitrogens with one attached hydrogen (secondary N) is 2. The van der Waals surface area contributed by atoms with E-state index in [1.54, 1.807) is 26.4 Å². The van der Waals surface area contributed by atoms with Gasteiger partial charge in [-0.05, 0) is 60.4 Å². The molecule has 0 spiro atoms. The van der Waals surface area contributed by atoms with Gasteiger partial charge >= 0.3 is 0 Å². The minimum atomic E-state index is -0.141. The van der Waals surface area contributed by atoms with E-state index in [0.29, 0.717) is 13.1 Å². The maximum atomic E-state index is 11.8. The molecule has 0 bridgehead atoms. The van der Waals surface area contributed by atoms with Gasteiger partial charge in [0, 0.05) is 25.2 Å². The molecule has 0 saturated heterocycles. The molecule has 0 saturated carbocycles. The molecule has 0 aliphatic rings. The van der Waals surface area contributed by atoms with Crippen LogP contribution in [-0.4, -0.2) is 39.1 Å². The average Bonchev–Trinajstić information content (AvgIpc) is 2.79.